The Morgan fingerprint density at radius 2 is 1.89 bits per heavy atom. The van der Waals surface area contributed by atoms with Crippen LogP contribution in [0.1, 0.15) is 58.9 Å². The first kappa shape index (κ1) is 28.9. The second-order valence-corrected chi connectivity index (χ2v) is 11.2. The molecule has 0 aliphatic heterocycles. The largest absolute Gasteiger partial charge is 0.460 e. The zero-order valence-electron chi connectivity index (χ0n) is 22.4. The molecule has 1 aromatic rings. The van der Waals surface area contributed by atoms with Gasteiger partial charge in [0.2, 0.25) is 0 Å². The Balaban J connectivity index is 1.87. The van der Waals surface area contributed by atoms with Crippen molar-refractivity contribution in [2.24, 2.45) is 28.1 Å². The molecule has 8 heteroatoms. The van der Waals surface area contributed by atoms with Gasteiger partial charge in [0, 0.05) is 17.4 Å². The van der Waals surface area contributed by atoms with Crippen molar-refractivity contribution < 1.29 is 34.1 Å². The third-order valence-corrected chi connectivity index (χ3v) is 9.23. The monoisotopic (exact) mass is 515 g/mol. The molecule has 1 aromatic carbocycles. The molecule has 2 fully saturated rings. The Bertz CT molecular complexity index is 997. The van der Waals surface area contributed by atoms with Crippen molar-refractivity contribution in [3.05, 3.63) is 48.6 Å². The van der Waals surface area contributed by atoms with Crippen LogP contribution in [0.15, 0.2) is 43.0 Å². The van der Waals surface area contributed by atoms with E-state index in [0.29, 0.717) is 19.3 Å². The number of esters is 1. The van der Waals surface area contributed by atoms with Gasteiger partial charge in [-0.15, -0.1) is 6.58 Å². The van der Waals surface area contributed by atoms with Crippen molar-refractivity contribution in [2.45, 2.75) is 72.2 Å². The standard InChI is InChI=1S/C29H41NO7/c1-6-27(4)16-22(37-23(32)17-31)28(5)19(2)12-13-29(25(28)34,20(3)24(27)33)14-15-30-26(35)36-18-21-10-8-7-9-11-21/h6-11,19-20,22,24,31,33H,1,12-18H2,2-5H3,(H,30,35)/t19?,20-,22+,24-,27+,28-,29-/m0/s1. The van der Waals surface area contributed by atoms with Crippen LogP contribution in [-0.2, 0) is 25.7 Å². The molecule has 0 spiro atoms. The fourth-order valence-electron chi connectivity index (χ4n) is 6.34. The third kappa shape index (κ3) is 5.46. The second-order valence-electron chi connectivity index (χ2n) is 11.2. The minimum atomic E-state index is -1.03. The number of ketones is 1. The average Bonchev–Trinajstić information content (AvgIpc) is 2.90. The van der Waals surface area contributed by atoms with E-state index in [1.54, 1.807) is 6.08 Å². The van der Waals surface area contributed by atoms with E-state index in [0.717, 1.165) is 5.56 Å². The summed E-state index contributed by atoms with van der Waals surface area (Å²) < 4.78 is 11.0. The van der Waals surface area contributed by atoms with E-state index < -0.39 is 53.0 Å². The molecule has 0 radical (unpaired) electrons. The summed E-state index contributed by atoms with van der Waals surface area (Å²) in [5.41, 5.74) is -1.96. The van der Waals surface area contributed by atoms with Crippen LogP contribution in [0.2, 0.25) is 0 Å². The van der Waals surface area contributed by atoms with Crippen molar-refractivity contribution in [1.82, 2.24) is 5.32 Å². The number of carbonyl (C=O) groups is 3. The normalized spacial score (nSPS) is 35.6. The first-order valence-corrected chi connectivity index (χ1v) is 13.1. The topological polar surface area (TPSA) is 122 Å². The minimum absolute atomic E-state index is 0.0772. The van der Waals surface area contributed by atoms with Gasteiger partial charge in [0.15, 0.2) is 0 Å². The molecule has 2 aliphatic carbocycles. The Morgan fingerprint density at radius 3 is 2.51 bits per heavy atom. The number of Topliss-reactive ketones (excluding diaryl/α,β-unsaturated/α-hetero) is 1. The number of hydrogen-bond donors (Lipinski definition) is 3. The highest BCUT2D eigenvalue weighted by atomic mass is 16.6. The first-order chi connectivity index (χ1) is 17.4. The lowest BCUT2D eigenvalue weighted by Gasteiger charge is -2.58. The molecule has 7 atom stereocenters. The van der Waals surface area contributed by atoms with E-state index in [2.05, 4.69) is 11.9 Å². The van der Waals surface area contributed by atoms with Gasteiger partial charge < -0.3 is 25.0 Å². The van der Waals surface area contributed by atoms with Gasteiger partial charge >= 0.3 is 12.1 Å². The van der Waals surface area contributed by atoms with Crippen molar-refractivity contribution in [3.8, 4) is 0 Å². The molecule has 0 aromatic heterocycles. The van der Waals surface area contributed by atoms with Crippen molar-refractivity contribution >= 4 is 17.8 Å². The van der Waals surface area contributed by atoms with Crippen LogP contribution >= 0.6 is 0 Å². The van der Waals surface area contributed by atoms with Crippen molar-refractivity contribution in [1.29, 1.82) is 0 Å². The quantitative estimate of drug-likeness (QED) is 0.356. The number of hydrogen-bond acceptors (Lipinski definition) is 7. The van der Waals surface area contributed by atoms with Crippen LogP contribution in [-0.4, -0.2) is 53.4 Å². The number of amides is 1. The molecule has 1 amide bonds. The molecule has 2 aliphatic rings. The highest BCUT2D eigenvalue weighted by molar-refractivity contribution is 5.92. The Morgan fingerprint density at radius 1 is 1.22 bits per heavy atom. The fourth-order valence-corrected chi connectivity index (χ4v) is 6.34. The number of fused-ring (bicyclic) bond motifs is 2. The number of nitrogens with one attached hydrogen (secondary N) is 1. The van der Waals surface area contributed by atoms with Crippen molar-refractivity contribution in [3.63, 3.8) is 0 Å². The van der Waals surface area contributed by atoms with Gasteiger partial charge in [0.25, 0.3) is 0 Å². The maximum absolute atomic E-state index is 14.4. The third-order valence-electron chi connectivity index (χ3n) is 9.23. The number of ether oxygens (including phenoxy) is 2. The molecular formula is C29H41NO7. The predicted octanol–water partition coefficient (Wildman–Crippen LogP) is 3.79. The summed E-state index contributed by atoms with van der Waals surface area (Å²) >= 11 is 0. The molecule has 204 valence electrons. The molecule has 37 heavy (non-hydrogen) atoms. The number of alkyl carbamates (subject to hydrolysis) is 1. The maximum Gasteiger partial charge on any atom is 0.407 e. The fraction of sp³-hybridized carbons (Fsp3) is 0.621. The molecular weight excluding hydrogens is 474 g/mol. The number of carbonyl (C=O) groups excluding carboxylic acids is 3. The van der Waals surface area contributed by atoms with Crippen molar-refractivity contribution in [2.75, 3.05) is 13.2 Å². The van der Waals surface area contributed by atoms with Crippen LogP contribution in [0.25, 0.3) is 0 Å². The number of benzene rings is 1. The smallest absolute Gasteiger partial charge is 0.407 e. The van der Waals surface area contributed by atoms with Crippen LogP contribution in [0.3, 0.4) is 0 Å². The molecule has 3 N–H and O–H groups in total. The van der Waals surface area contributed by atoms with Gasteiger partial charge in [-0.2, -0.15) is 0 Å². The summed E-state index contributed by atoms with van der Waals surface area (Å²) in [5.74, 6) is -1.41. The van der Waals surface area contributed by atoms with Gasteiger partial charge in [0.05, 0.1) is 11.5 Å². The van der Waals surface area contributed by atoms with Crippen LogP contribution < -0.4 is 5.32 Å². The molecule has 0 saturated heterocycles. The molecule has 2 bridgehead atoms. The summed E-state index contributed by atoms with van der Waals surface area (Å²) in [6.45, 7) is 11.0. The van der Waals surface area contributed by atoms with E-state index in [9.17, 15) is 24.6 Å². The predicted molar refractivity (Wildman–Crippen MR) is 138 cm³/mol. The highest BCUT2D eigenvalue weighted by Crippen LogP contribution is 2.59. The van der Waals surface area contributed by atoms with E-state index >= 15 is 0 Å². The Labute approximate surface area is 219 Å². The zero-order valence-corrected chi connectivity index (χ0v) is 22.4. The summed E-state index contributed by atoms with van der Waals surface area (Å²) in [6.07, 6.45) is 1.05. The lowest BCUT2D eigenvalue weighted by molar-refractivity contribution is -0.193. The van der Waals surface area contributed by atoms with Gasteiger partial charge in [0.1, 0.15) is 25.1 Å². The molecule has 2 saturated carbocycles. The van der Waals surface area contributed by atoms with E-state index in [1.165, 1.54) is 0 Å². The maximum atomic E-state index is 14.4. The summed E-state index contributed by atoms with van der Waals surface area (Å²) in [4.78, 5) is 39.0. The first-order valence-electron chi connectivity index (χ1n) is 13.1. The van der Waals surface area contributed by atoms with E-state index in [-0.39, 0.29) is 31.3 Å². The summed E-state index contributed by atoms with van der Waals surface area (Å²) in [6, 6.07) is 9.35. The van der Waals surface area contributed by atoms with Crippen LogP contribution in [0.4, 0.5) is 4.79 Å². The van der Waals surface area contributed by atoms with Gasteiger partial charge in [-0.25, -0.2) is 9.59 Å². The molecule has 8 nitrogen and oxygen atoms in total. The Hall–Kier alpha value is -2.71. The molecule has 1 unspecified atom stereocenters. The lowest BCUT2D eigenvalue weighted by Crippen LogP contribution is -2.64. The summed E-state index contributed by atoms with van der Waals surface area (Å²) in [5, 5.41) is 23.7. The number of aliphatic hydroxyl groups is 2. The zero-order chi connectivity index (χ0) is 27.4. The van der Waals surface area contributed by atoms with Gasteiger partial charge in [-0.05, 0) is 50.0 Å². The van der Waals surface area contributed by atoms with E-state index in [1.807, 2.05) is 58.0 Å². The van der Waals surface area contributed by atoms with Gasteiger partial charge in [-0.3, -0.25) is 4.79 Å². The van der Waals surface area contributed by atoms with E-state index in [4.69, 9.17) is 9.47 Å². The molecule has 3 rings (SSSR count). The Kier molecular flexibility index (Phi) is 8.85. The highest BCUT2D eigenvalue weighted by Gasteiger charge is 2.64. The minimum Gasteiger partial charge on any atom is -0.460 e. The van der Waals surface area contributed by atoms with Crippen LogP contribution in [0, 0.1) is 28.1 Å². The lowest BCUT2D eigenvalue weighted by atomic mass is 9.46. The SMILES string of the molecule is C=C[C@]1(C)C[C@@H](OC(=O)CO)[C@@]2(C)C(=O)[C@](CCNC(=O)OCc3ccccc3)(CCC2C)[C@@H](C)[C@@H]1O. The average molecular weight is 516 g/mol. The second kappa shape index (κ2) is 11.4. The number of aliphatic hydroxyl groups excluding tert-OH is 2. The van der Waals surface area contributed by atoms with Gasteiger partial charge in [-0.1, -0.05) is 57.2 Å². The number of rotatable bonds is 8. The van der Waals surface area contributed by atoms with Crippen LogP contribution in [0.5, 0.6) is 0 Å². The molecule has 0 heterocycles. The summed E-state index contributed by atoms with van der Waals surface area (Å²) in [7, 11) is 0.